The second-order valence-corrected chi connectivity index (χ2v) is 2.40. The predicted molar refractivity (Wildman–Crippen MR) is 40.5 cm³/mol. The molecule has 0 saturated heterocycles. The molecule has 0 spiro atoms. The molecule has 0 N–H and O–H groups in total. The third-order valence-corrected chi connectivity index (χ3v) is 1.72. The number of nitrogens with zero attached hydrogens (tertiary/aromatic N) is 2. The van der Waals surface area contributed by atoms with Crippen LogP contribution < -0.4 is 28.5 Å². The average Bonchev–Trinajstić information content (AvgIpc) is 2.20. The standard InChI is InChI=1S/C8H13N2.HI/c1-4-5-10-7-6-9(3)8(10)2;/h4,6-7H,1,5H2,2-3H3;1H/q+1;/p-1. The lowest BCUT2D eigenvalue weighted by atomic mass is 10.5. The van der Waals surface area contributed by atoms with Gasteiger partial charge >= 0.3 is 0 Å². The van der Waals surface area contributed by atoms with Crippen molar-refractivity contribution in [2.75, 3.05) is 0 Å². The Morgan fingerprint density at radius 2 is 2.36 bits per heavy atom. The van der Waals surface area contributed by atoms with Gasteiger partial charge in [0.05, 0.1) is 7.05 Å². The van der Waals surface area contributed by atoms with E-state index in [0.29, 0.717) is 0 Å². The summed E-state index contributed by atoms with van der Waals surface area (Å²) in [6.45, 7) is 6.66. The zero-order chi connectivity index (χ0) is 7.56. The third-order valence-electron chi connectivity index (χ3n) is 1.72. The van der Waals surface area contributed by atoms with E-state index in [-0.39, 0.29) is 24.0 Å². The van der Waals surface area contributed by atoms with Crippen molar-refractivity contribution in [3.63, 3.8) is 0 Å². The number of halogens is 1. The third kappa shape index (κ3) is 2.32. The maximum Gasteiger partial charge on any atom is 0.253 e. The largest absolute Gasteiger partial charge is 1.00 e. The van der Waals surface area contributed by atoms with Gasteiger partial charge in [-0.15, -0.1) is 0 Å². The summed E-state index contributed by atoms with van der Waals surface area (Å²) >= 11 is 0. The summed E-state index contributed by atoms with van der Waals surface area (Å²) in [6.07, 6.45) is 5.99. The van der Waals surface area contributed by atoms with E-state index in [1.165, 1.54) is 5.82 Å². The molecule has 1 rings (SSSR count). The molecule has 1 aromatic rings. The van der Waals surface area contributed by atoms with Crippen molar-refractivity contribution in [1.82, 2.24) is 4.57 Å². The first-order valence-corrected chi connectivity index (χ1v) is 3.38. The molecule has 1 heterocycles. The minimum atomic E-state index is 0. The van der Waals surface area contributed by atoms with Crippen LogP contribution in [0.2, 0.25) is 0 Å². The van der Waals surface area contributed by atoms with Gasteiger partial charge < -0.3 is 24.0 Å². The Balaban J connectivity index is 0.000001000. The Kier molecular flexibility index (Phi) is 4.40. The van der Waals surface area contributed by atoms with E-state index in [2.05, 4.69) is 28.8 Å². The second-order valence-electron chi connectivity index (χ2n) is 2.40. The first-order valence-electron chi connectivity index (χ1n) is 3.38. The number of rotatable bonds is 2. The molecule has 0 aliphatic heterocycles. The topological polar surface area (TPSA) is 8.81 Å². The number of aromatic nitrogens is 2. The van der Waals surface area contributed by atoms with Gasteiger partial charge in [-0.3, -0.25) is 0 Å². The summed E-state index contributed by atoms with van der Waals surface area (Å²) in [5, 5.41) is 0. The molecule has 11 heavy (non-hydrogen) atoms. The van der Waals surface area contributed by atoms with E-state index in [1.807, 2.05) is 19.3 Å². The van der Waals surface area contributed by atoms with E-state index in [4.69, 9.17) is 0 Å². The number of imidazole rings is 1. The van der Waals surface area contributed by atoms with Crippen LogP contribution in [-0.2, 0) is 13.6 Å². The van der Waals surface area contributed by atoms with Gasteiger partial charge in [0.1, 0.15) is 18.9 Å². The van der Waals surface area contributed by atoms with Crippen LogP contribution in [0.5, 0.6) is 0 Å². The van der Waals surface area contributed by atoms with E-state index < -0.39 is 0 Å². The molecule has 0 radical (unpaired) electrons. The fourth-order valence-electron chi connectivity index (χ4n) is 0.931. The number of aryl methyl sites for hydroxylation is 1. The Bertz CT molecular complexity index is 240. The highest BCUT2D eigenvalue weighted by atomic mass is 127. The van der Waals surface area contributed by atoms with Crippen LogP contribution in [0, 0.1) is 6.92 Å². The number of hydrogen-bond acceptors (Lipinski definition) is 0. The summed E-state index contributed by atoms with van der Waals surface area (Å²) in [7, 11) is 2.04. The summed E-state index contributed by atoms with van der Waals surface area (Å²) in [5.41, 5.74) is 0. The SMILES string of the molecule is C=CCn1cc[n+](C)c1C.[I-]. The molecule has 0 unspecified atom stereocenters. The fourth-order valence-corrected chi connectivity index (χ4v) is 0.931. The predicted octanol–water partition coefficient (Wildman–Crippen LogP) is -2.19. The van der Waals surface area contributed by atoms with Gasteiger partial charge in [-0.1, -0.05) is 12.7 Å². The van der Waals surface area contributed by atoms with Crippen molar-refractivity contribution in [2.45, 2.75) is 13.5 Å². The highest BCUT2D eigenvalue weighted by molar-refractivity contribution is 4.83. The van der Waals surface area contributed by atoms with Crippen molar-refractivity contribution in [3.8, 4) is 0 Å². The molecule has 0 saturated carbocycles. The van der Waals surface area contributed by atoms with Gasteiger partial charge in [-0.2, -0.15) is 0 Å². The Morgan fingerprint density at radius 3 is 2.73 bits per heavy atom. The fraction of sp³-hybridized carbons (Fsp3) is 0.375. The molecule has 0 atom stereocenters. The van der Waals surface area contributed by atoms with Crippen LogP contribution in [0.3, 0.4) is 0 Å². The highest BCUT2D eigenvalue weighted by Gasteiger charge is 2.04. The lowest BCUT2D eigenvalue weighted by molar-refractivity contribution is -0.677. The Hall–Kier alpha value is -0.320. The zero-order valence-corrected chi connectivity index (χ0v) is 9.08. The van der Waals surface area contributed by atoms with Crippen LogP contribution in [0.4, 0.5) is 0 Å². The van der Waals surface area contributed by atoms with Crippen molar-refractivity contribution in [3.05, 3.63) is 30.9 Å². The van der Waals surface area contributed by atoms with Crippen molar-refractivity contribution in [2.24, 2.45) is 7.05 Å². The number of hydrogen-bond donors (Lipinski definition) is 0. The molecule has 3 heteroatoms. The maximum absolute atomic E-state index is 3.68. The van der Waals surface area contributed by atoms with E-state index in [1.54, 1.807) is 0 Å². The van der Waals surface area contributed by atoms with Gasteiger partial charge in [-0.25, -0.2) is 9.13 Å². The van der Waals surface area contributed by atoms with Crippen molar-refractivity contribution >= 4 is 0 Å². The average molecular weight is 264 g/mol. The minimum Gasteiger partial charge on any atom is -1.00 e. The zero-order valence-electron chi connectivity index (χ0n) is 6.92. The normalized spacial score (nSPS) is 8.91. The van der Waals surface area contributed by atoms with Crippen LogP contribution in [0.1, 0.15) is 5.82 Å². The monoisotopic (exact) mass is 264 g/mol. The summed E-state index contributed by atoms with van der Waals surface area (Å²) in [6, 6.07) is 0. The van der Waals surface area contributed by atoms with E-state index >= 15 is 0 Å². The molecule has 0 aliphatic carbocycles. The molecule has 62 valence electrons. The van der Waals surface area contributed by atoms with Gasteiger partial charge in [0, 0.05) is 6.92 Å². The van der Waals surface area contributed by atoms with Crippen LogP contribution in [0.15, 0.2) is 25.0 Å². The van der Waals surface area contributed by atoms with Gasteiger partial charge in [0.25, 0.3) is 5.82 Å². The first-order chi connectivity index (χ1) is 4.75. The maximum atomic E-state index is 3.68. The van der Waals surface area contributed by atoms with Gasteiger partial charge in [-0.05, 0) is 0 Å². The Labute approximate surface area is 84.6 Å². The quantitative estimate of drug-likeness (QED) is 0.326. The van der Waals surface area contributed by atoms with Crippen molar-refractivity contribution in [1.29, 1.82) is 0 Å². The molecule has 0 fully saturated rings. The summed E-state index contributed by atoms with van der Waals surface area (Å²) in [5.74, 6) is 1.25. The van der Waals surface area contributed by atoms with Crippen LogP contribution in [0.25, 0.3) is 0 Å². The molecule has 2 nitrogen and oxygen atoms in total. The molecule has 0 amide bonds. The second kappa shape index (κ2) is 4.54. The molecule has 0 bridgehead atoms. The molecule has 0 aliphatic rings. The van der Waals surface area contributed by atoms with Gasteiger partial charge in [0.15, 0.2) is 0 Å². The lowest BCUT2D eigenvalue weighted by Gasteiger charge is -1.91. The van der Waals surface area contributed by atoms with Crippen molar-refractivity contribution < 1.29 is 28.5 Å². The highest BCUT2D eigenvalue weighted by Crippen LogP contribution is 1.91. The molecule has 0 aromatic carbocycles. The summed E-state index contributed by atoms with van der Waals surface area (Å²) in [4.78, 5) is 0. The van der Waals surface area contributed by atoms with Gasteiger partial charge in [0.2, 0.25) is 0 Å². The smallest absolute Gasteiger partial charge is 0.253 e. The van der Waals surface area contributed by atoms with Crippen LogP contribution in [-0.4, -0.2) is 4.57 Å². The van der Waals surface area contributed by atoms with Crippen LogP contribution >= 0.6 is 0 Å². The number of allylic oxidation sites excluding steroid dienone is 1. The molecule has 1 aromatic heterocycles. The Morgan fingerprint density at radius 1 is 1.73 bits per heavy atom. The van der Waals surface area contributed by atoms with E-state index in [0.717, 1.165) is 6.54 Å². The van der Waals surface area contributed by atoms with E-state index in [9.17, 15) is 0 Å². The molecular formula is C8H13IN2. The first kappa shape index (κ1) is 10.7. The summed E-state index contributed by atoms with van der Waals surface area (Å²) < 4.78 is 4.23. The lowest BCUT2D eigenvalue weighted by Crippen LogP contribution is -3.00. The molecular weight excluding hydrogens is 251 g/mol. The minimum absolute atomic E-state index is 0.